The number of halogens is 2. The fraction of sp³-hybridized carbons (Fsp3) is 0.250. The van der Waals surface area contributed by atoms with E-state index in [1.54, 1.807) is 7.11 Å². The minimum atomic E-state index is 0.697. The molecule has 1 N–H and O–H groups in total. The van der Waals surface area contributed by atoms with Crippen molar-refractivity contribution in [1.82, 2.24) is 0 Å². The largest absolute Gasteiger partial charge is 0.495 e. The third-order valence-corrected chi connectivity index (χ3v) is 4.20. The predicted octanol–water partition coefficient (Wildman–Crippen LogP) is 4.90. The maximum atomic E-state index is 5.46. The number of hydrogen-bond donors (Lipinski definition) is 1. The molecule has 0 saturated heterocycles. The fourth-order valence-electron chi connectivity index (χ4n) is 2.05. The van der Waals surface area contributed by atoms with Crippen LogP contribution < -0.4 is 15.0 Å². The second-order valence-electron chi connectivity index (χ2n) is 4.87. The molecule has 0 aliphatic heterocycles. The third kappa shape index (κ3) is 4.14. The molecule has 0 spiro atoms. The van der Waals surface area contributed by atoms with E-state index < -0.39 is 0 Å². The van der Waals surface area contributed by atoms with Gasteiger partial charge in [-0.25, -0.2) is 0 Å². The highest BCUT2D eigenvalue weighted by molar-refractivity contribution is 9.11. The molecule has 0 atom stereocenters. The summed E-state index contributed by atoms with van der Waals surface area (Å²) in [5.41, 5.74) is 3.36. The third-order valence-electron chi connectivity index (χ3n) is 3.16. The number of ether oxygens (including phenoxy) is 1. The van der Waals surface area contributed by atoms with E-state index >= 15 is 0 Å². The first-order valence-electron chi connectivity index (χ1n) is 6.54. The van der Waals surface area contributed by atoms with Crippen LogP contribution in [0.3, 0.4) is 0 Å². The molecule has 0 aliphatic carbocycles. The van der Waals surface area contributed by atoms with E-state index in [2.05, 4.69) is 72.4 Å². The van der Waals surface area contributed by atoms with Crippen LogP contribution in [0.5, 0.6) is 5.75 Å². The van der Waals surface area contributed by atoms with Crippen molar-refractivity contribution < 1.29 is 4.74 Å². The van der Waals surface area contributed by atoms with Crippen LogP contribution >= 0.6 is 31.9 Å². The Balaban J connectivity index is 2.12. The summed E-state index contributed by atoms with van der Waals surface area (Å²) in [5, 5.41) is 3.42. The first-order valence-corrected chi connectivity index (χ1v) is 8.13. The van der Waals surface area contributed by atoms with Crippen molar-refractivity contribution in [3.63, 3.8) is 0 Å². The molecule has 3 nitrogen and oxygen atoms in total. The molecule has 0 saturated carbocycles. The summed E-state index contributed by atoms with van der Waals surface area (Å²) in [4.78, 5) is 2.08. The summed E-state index contributed by atoms with van der Waals surface area (Å²) in [6, 6.07) is 12.4. The van der Waals surface area contributed by atoms with Gasteiger partial charge < -0.3 is 15.0 Å². The van der Waals surface area contributed by atoms with Crippen LogP contribution in [0, 0.1) is 0 Å². The normalized spacial score (nSPS) is 10.3. The highest BCUT2D eigenvalue weighted by atomic mass is 79.9. The molecule has 0 unspecified atom stereocenters. The van der Waals surface area contributed by atoms with E-state index in [4.69, 9.17) is 4.74 Å². The van der Waals surface area contributed by atoms with Crippen LogP contribution in [0.25, 0.3) is 0 Å². The average molecular weight is 414 g/mol. The Morgan fingerprint density at radius 1 is 1.10 bits per heavy atom. The molecule has 2 aromatic carbocycles. The molecule has 0 heterocycles. The topological polar surface area (TPSA) is 24.5 Å². The summed E-state index contributed by atoms with van der Waals surface area (Å²) >= 11 is 7.03. The van der Waals surface area contributed by atoms with Crippen molar-refractivity contribution in [2.24, 2.45) is 0 Å². The van der Waals surface area contributed by atoms with Crippen molar-refractivity contribution in [2.45, 2.75) is 6.54 Å². The van der Waals surface area contributed by atoms with E-state index in [0.717, 1.165) is 25.9 Å². The molecule has 2 rings (SSSR count). The van der Waals surface area contributed by atoms with Gasteiger partial charge in [-0.2, -0.15) is 0 Å². The quantitative estimate of drug-likeness (QED) is 0.754. The van der Waals surface area contributed by atoms with Gasteiger partial charge >= 0.3 is 0 Å². The molecule has 5 heteroatoms. The maximum absolute atomic E-state index is 5.46. The van der Waals surface area contributed by atoms with Gasteiger partial charge in [0.2, 0.25) is 0 Å². The minimum absolute atomic E-state index is 0.697. The van der Waals surface area contributed by atoms with E-state index in [9.17, 15) is 0 Å². The van der Waals surface area contributed by atoms with Gasteiger partial charge in [0.1, 0.15) is 5.75 Å². The zero-order valence-electron chi connectivity index (χ0n) is 12.3. The van der Waals surface area contributed by atoms with Gasteiger partial charge in [-0.1, -0.05) is 15.9 Å². The minimum Gasteiger partial charge on any atom is -0.495 e. The fourth-order valence-corrected chi connectivity index (χ4v) is 3.52. The van der Waals surface area contributed by atoms with Crippen molar-refractivity contribution in [2.75, 3.05) is 31.4 Å². The number of nitrogens with zero attached hydrogens (tertiary/aromatic N) is 1. The average Bonchev–Trinajstić information content (AvgIpc) is 2.45. The van der Waals surface area contributed by atoms with E-state index in [1.807, 2.05) is 20.2 Å². The van der Waals surface area contributed by atoms with Gasteiger partial charge in [0, 0.05) is 42.1 Å². The lowest BCUT2D eigenvalue weighted by Gasteiger charge is -2.15. The summed E-state index contributed by atoms with van der Waals surface area (Å²) in [6.07, 6.45) is 0. The van der Waals surface area contributed by atoms with Crippen molar-refractivity contribution >= 4 is 43.2 Å². The zero-order valence-corrected chi connectivity index (χ0v) is 15.5. The smallest absolute Gasteiger partial charge is 0.138 e. The Bertz CT molecular complexity index is 612. The highest BCUT2D eigenvalue weighted by Crippen LogP contribution is 2.33. The van der Waals surface area contributed by atoms with E-state index in [0.29, 0.717) is 6.54 Å². The van der Waals surface area contributed by atoms with Crippen LogP contribution in [0.1, 0.15) is 5.56 Å². The number of anilines is 2. The zero-order chi connectivity index (χ0) is 15.4. The van der Waals surface area contributed by atoms with Gasteiger partial charge in [-0.05, 0) is 52.3 Å². The summed E-state index contributed by atoms with van der Waals surface area (Å²) < 4.78 is 7.42. The second-order valence-corrected chi connectivity index (χ2v) is 6.64. The SMILES string of the molecule is COc1c(Br)cc(Br)cc1CNc1ccc(N(C)C)cc1. The van der Waals surface area contributed by atoms with Gasteiger partial charge in [-0.3, -0.25) is 0 Å². The molecular formula is C16H18Br2N2O. The summed E-state index contributed by atoms with van der Waals surface area (Å²) in [5.74, 6) is 0.857. The monoisotopic (exact) mass is 412 g/mol. The molecule has 2 aromatic rings. The molecule has 112 valence electrons. The van der Waals surface area contributed by atoms with Gasteiger partial charge in [-0.15, -0.1) is 0 Å². The summed E-state index contributed by atoms with van der Waals surface area (Å²) in [6.45, 7) is 0.697. The van der Waals surface area contributed by atoms with Crippen LogP contribution in [0.15, 0.2) is 45.3 Å². The first-order chi connectivity index (χ1) is 10.0. The lowest BCUT2D eigenvalue weighted by atomic mass is 10.2. The molecule has 0 aromatic heterocycles. The molecule has 0 bridgehead atoms. The predicted molar refractivity (Wildman–Crippen MR) is 96.5 cm³/mol. The number of methoxy groups -OCH3 is 1. The number of benzene rings is 2. The van der Waals surface area contributed by atoms with Crippen LogP contribution in [-0.2, 0) is 6.54 Å². The van der Waals surface area contributed by atoms with Gasteiger partial charge in [0.05, 0.1) is 11.6 Å². The van der Waals surface area contributed by atoms with E-state index in [1.165, 1.54) is 5.69 Å². The molecule has 0 radical (unpaired) electrons. The van der Waals surface area contributed by atoms with Crippen molar-refractivity contribution in [3.8, 4) is 5.75 Å². The molecule has 0 aliphatic rings. The Labute approximate surface area is 142 Å². The van der Waals surface area contributed by atoms with Crippen LogP contribution in [0.4, 0.5) is 11.4 Å². The first kappa shape index (κ1) is 16.2. The van der Waals surface area contributed by atoms with Crippen molar-refractivity contribution in [3.05, 3.63) is 50.9 Å². The van der Waals surface area contributed by atoms with Crippen LogP contribution in [0.2, 0.25) is 0 Å². The van der Waals surface area contributed by atoms with Crippen molar-refractivity contribution in [1.29, 1.82) is 0 Å². The Hall–Kier alpha value is -1.20. The lowest BCUT2D eigenvalue weighted by Crippen LogP contribution is -2.08. The summed E-state index contributed by atoms with van der Waals surface area (Å²) in [7, 11) is 5.75. The van der Waals surface area contributed by atoms with E-state index in [-0.39, 0.29) is 0 Å². The Morgan fingerprint density at radius 2 is 1.76 bits per heavy atom. The van der Waals surface area contributed by atoms with Gasteiger partial charge in [0.25, 0.3) is 0 Å². The molecule has 0 amide bonds. The van der Waals surface area contributed by atoms with Crippen LogP contribution in [-0.4, -0.2) is 21.2 Å². The lowest BCUT2D eigenvalue weighted by molar-refractivity contribution is 0.407. The molecule has 0 fully saturated rings. The number of hydrogen-bond acceptors (Lipinski definition) is 3. The second kappa shape index (κ2) is 7.18. The Morgan fingerprint density at radius 3 is 2.33 bits per heavy atom. The number of rotatable bonds is 5. The molecule has 21 heavy (non-hydrogen) atoms. The molecular weight excluding hydrogens is 396 g/mol. The van der Waals surface area contributed by atoms with Gasteiger partial charge in [0.15, 0.2) is 0 Å². The standard InChI is InChI=1S/C16H18Br2N2O/c1-20(2)14-6-4-13(5-7-14)19-10-11-8-12(17)9-15(18)16(11)21-3/h4-9,19H,10H2,1-3H3. The Kier molecular flexibility index (Phi) is 5.53. The maximum Gasteiger partial charge on any atom is 0.138 e. The highest BCUT2D eigenvalue weighted by Gasteiger charge is 2.09. The number of nitrogens with one attached hydrogen (secondary N) is 1.